The van der Waals surface area contributed by atoms with Crippen LogP contribution in [-0.2, 0) is 16.1 Å². The van der Waals surface area contributed by atoms with E-state index in [2.05, 4.69) is 0 Å². The number of carbonyl (C=O) groups is 1. The molecule has 1 fully saturated rings. The van der Waals surface area contributed by atoms with Crippen molar-refractivity contribution in [2.75, 3.05) is 19.7 Å². The first-order valence-electron chi connectivity index (χ1n) is 6.31. The van der Waals surface area contributed by atoms with E-state index in [-0.39, 0.29) is 18.7 Å². The lowest BCUT2D eigenvalue weighted by Gasteiger charge is -2.47. The Morgan fingerprint density at radius 1 is 1.57 bits per heavy atom. The fraction of sp³-hybridized carbons (Fsp3) is 0.462. The molecule has 1 saturated heterocycles. The molecule has 0 radical (unpaired) electrons. The van der Waals surface area contributed by atoms with E-state index in [1.54, 1.807) is 6.92 Å². The largest absolute Gasteiger partial charge is 0.480 e. The number of aliphatic carboxylic acids is 1. The summed E-state index contributed by atoms with van der Waals surface area (Å²) >= 11 is 0. The molecule has 1 aromatic carbocycles. The van der Waals surface area contributed by atoms with Gasteiger partial charge in [-0.15, -0.1) is 0 Å². The topological polar surface area (TPSA) is 92.9 Å². The molecule has 114 valence electrons. The van der Waals surface area contributed by atoms with E-state index in [0.717, 1.165) is 6.07 Å². The Bertz CT molecular complexity index is 572. The first-order chi connectivity index (χ1) is 9.81. The molecule has 0 atom stereocenters. The Labute approximate surface area is 120 Å². The molecule has 1 aromatic rings. The van der Waals surface area contributed by atoms with Crippen LogP contribution in [0.2, 0.25) is 0 Å². The summed E-state index contributed by atoms with van der Waals surface area (Å²) in [5, 5.41) is 19.2. The number of halogens is 1. The van der Waals surface area contributed by atoms with Crippen LogP contribution in [0.25, 0.3) is 0 Å². The third-order valence-electron chi connectivity index (χ3n) is 3.31. The first-order valence-corrected chi connectivity index (χ1v) is 6.31. The van der Waals surface area contributed by atoms with Gasteiger partial charge in [-0.3, -0.25) is 15.0 Å². The van der Waals surface area contributed by atoms with Gasteiger partial charge >= 0.3 is 11.7 Å². The quantitative estimate of drug-likeness (QED) is 0.630. The molecule has 0 saturated carbocycles. The summed E-state index contributed by atoms with van der Waals surface area (Å²) in [6.07, 6.45) is 0. The summed E-state index contributed by atoms with van der Waals surface area (Å²) in [4.78, 5) is 22.2. The molecule has 0 amide bonds. The van der Waals surface area contributed by atoms with Crippen molar-refractivity contribution in [2.45, 2.75) is 19.1 Å². The highest BCUT2D eigenvalue weighted by atomic mass is 19.1. The Morgan fingerprint density at radius 2 is 2.24 bits per heavy atom. The number of ether oxygens (including phenoxy) is 1. The van der Waals surface area contributed by atoms with Gasteiger partial charge in [0.25, 0.3) is 0 Å². The molecule has 0 aliphatic carbocycles. The predicted octanol–water partition coefficient (Wildman–Crippen LogP) is 1.41. The first kappa shape index (κ1) is 15.3. The zero-order valence-corrected chi connectivity index (χ0v) is 11.4. The summed E-state index contributed by atoms with van der Waals surface area (Å²) in [7, 11) is 0. The number of nitrogens with zero attached hydrogens (tertiary/aromatic N) is 2. The maximum absolute atomic E-state index is 13.9. The molecule has 0 unspecified atom stereocenters. The molecule has 21 heavy (non-hydrogen) atoms. The van der Waals surface area contributed by atoms with Crippen molar-refractivity contribution in [2.24, 2.45) is 0 Å². The summed E-state index contributed by atoms with van der Waals surface area (Å²) in [5.41, 5.74) is -0.877. The number of nitro groups is 1. The normalized spacial score (nSPS) is 17.2. The SMILES string of the molecule is CC1(OCC(=O)O)CN(Cc2cccc([N+](=O)[O-])c2F)C1. The van der Waals surface area contributed by atoms with E-state index in [4.69, 9.17) is 9.84 Å². The standard InChI is InChI=1S/C13H15FN2O5/c1-13(21-6-11(17)18)7-15(8-13)5-9-3-2-4-10(12(9)14)16(19)20/h2-4H,5-8H2,1H3,(H,17,18). The van der Waals surface area contributed by atoms with Gasteiger partial charge < -0.3 is 9.84 Å². The average molecular weight is 298 g/mol. The molecule has 8 heteroatoms. The molecule has 7 nitrogen and oxygen atoms in total. The van der Waals surface area contributed by atoms with Crippen LogP contribution in [0.4, 0.5) is 10.1 Å². The molecular weight excluding hydrogens is 283 g/mol. The van der Waals surface area contributed by atoms with Gasteiger partial charge in [0.2, 0.25) is 5.82 Å². The number of carboxylic acid groups (broad SMARTS) is 1. The Kier molecular flexibility index (Phi) is 4.19. The highest BCUT2D eigenvalue weighted by Crippen LogP contribution is 2.28. The second-order valence-electron chi connectivity index (χ2n) is 5.28. The Hall–Kier alpha value is -2.06. The molecule has 1 aliphatic rings. The highest BCUT2D eigenvalue weighted by Gasteiger charge is 2.40. The lowest BCUT2D eigenvalue weighted by Crippen LogP contribution is -2.61. The maximum Gasteiger partial charge on any atom is 0.329 e. The summed E-state index contributed by atoms with van der Waals surface area (Å²) in [5.74, 6) is -1.87. The molecule has 1 heterocycles. The van der Waals surface area contributed by atoms with Crippen LogP contribution in [0.3, 0.4) is 0 Å². The fourth-order valence-electron chi connectivity index (χ4n) is 2.41. The number of hydrogen-bond acceptors (Lipinski definition) is 5. The van der Waals surface area contributed by atoms with E-state index in [1.165, 1.54) is 12.1 Å². The number of rotatable bonds is 6. The number of carboxylic acids is 1. The lowest BCUT2D eigenvalue weighted by molar-refractivity contribution is -0.387. The summed E-state index contributed by atoms with van der Waals surface area (Å²) in [6, 6.07) is 4.06. The average Bonchev–Trinajstić information content (AvgIpc) is 2.36. The van der Waals surface area contributed by atoms with Crippen LogP contribution < -0.4 is 0 Å². The molecule has 1 N–H and O–H groups in total. The fourth-order valence-corrected chi connectivity index (χ4v) is 2.41. The molecular formula is C13H15FN2O5. The molecule has 0 spiro atoms. The van der Waals surface area contributed by atoms with Gasteiger partial charge in [0.15, 0.2) is 0 Å². The van der Waals surface area contributed by atoms with Gasteiger partial charge in [0.1, 0.15) is 6.61 Å². The van der Waals surface area contributed by atoms with Crippen LogP contribution in [0.15, 0.2) is 18.2 Å². The van der Waals surface area contributed by atoms with E-state index >= 15 is 0 Å². The number of likely N-dealkylation sites (tertiary alicyclic amines) is 1. The van der Waals surface area contributed by atoms with Gasteiger partial charge in [-0.25, -0.2) is 4.79 Å². The van der Waals surface area contributed by atoms with Crippen molar-refractivity contribution < 1.29 is 24.0 Å². The molecule has 0 aromatic heterocycles. The molecule has 1 aliphatic heterocycles. The highest BCUT2D eigenvalue weighted by molar-refractivity contribution is 5.68. The van der Waals surface area contributed by atoms with Gasteiger partial charge in [-0.05, 0) is 6.92 Å². The summed E-state index contributed by atoms with van der Waals surface area (Å²) in [6.45, 7) is 2.51. The van der Waals surface area contributed by atoms with Gasteiger partial charge in [-0.1, -0.05) is 12.1 Å². The van der Waals surface area contributed by atoms with Crippen LogP contribution in [-0.4, -0.2) is 46.2 Å². The van der Waals surface area contributed by atoms with E-state index in [1.807, 2.05) is 4.90 Å². The number of benzene rings is 1. The lowest BCUT2D eigenvalue weighted by atomic mass is 9.95. The van der Waals surface area contributed by atoms with Crippen molar-refractivity contribution in [3.05, 3.63) is 39.7 Å². The minimum absolute atomic E-state index is 0.222. The van der Waals surface area contributed by atoms with Gasteiger partial charge in [-0.2, -0.15) is 4.39 Å². The minimum atomic E-state index is -1.04. The second kappa shape index (κ2) is 5.74. The number of nitro benzene ring substituents is 1. The third-order valence-corrected chi connectivity index (χ3v) is 3.31. The van der Waals surface area contributed by atoms with Crippen LogP contribution in [0, 0.1) is 15.9 Å². The van der Waals surface area contributed by atoms with Crippen LogP contribution >= 0.6 is 0 Å². The van der Waals surface area contributed by atoms with Gasteiger partial charge in [0, 0.05) is 31.3 Å². The van der Waals surface area contributed by atoms with Crippen molar-refractivity contribution in [1.29, 1.82) is 0 Å². The smallest absolute Gasteiger partial charge is 0.329 e. The zero-order chi connectivity index (χ0) is 15.6. The van der Waals surface area contributed by atoms with E-state index in [0.29, 0.717) is 13.1 Å². The van der Waals surface area contributed by atoms with Gasteiger partial charge in [0.05, 0.1) is 10.5 Å². The van der Waals surface area contributed by atoms with E-state index in [9.17, 15) is 19.3 Å². The van der Waals surface area contributed by atoms with Crippen molar-refractivity contribution in [3.8, 4) is 0 Å². The van der Waals surface area contributed by atoms with Crippen LogP contribution in [0.5, 0.6) is 0 Å². The third kappa shape index (κ3) is 3.53. The Balaban J connectivity index is 1.95. The van der Waals surface area contributed by atoms with Crippen LogP contribution in [0.1, 0.15) is 12.5 Å². The molecule has 0 bridgehead atoms. The predicted molar refractivity (Wildman–Crippen MR) is 70.3 cm³/mol. The zero-order valence-electron chi connectivity index (χ0n) is 11.4. The maximum atomic E-state index is 13.9. The van der Waals surface area contributed by atoms with Crippen molar-refractivity contribution >= 4 is 11.7 Å². The minimum Gasteiger partial charge on any atom is -0.480 e. The molecule has 2 rings (SSSR count). The number of hydrogen-bond donors (Lipinski definition) is 1. The van der Waals surface area contributed by atoms with Crippen molar-refractivity contribution in [3.63, 3.8) is 0 Å². The second-order valence-corrected chi connectivity index (χ2v) is 5.28. The van der Waals surface area contributed by atoms with Crippen molar-refractivity contribution in [1.82, 2.24) is 4.90 Å². The summed E-state index contributed by atoms with van der Waals surface area (Å²) < 4.78 is 19.2. The monoisotopic (exact) mass is 298 g/mol. The van der Waals surface area contributed by atoms with E-state index < -0.39 is 28.0 Å². The Morgan fingerprint density at radius 3 is 2.81 bits per heavy atom.